The molecule has 0 aliphatic carbocycles. The second kappa shape index (κ2) is 11.0. The van der Waals surface area contributed by atoms with E-state index in [1.54, 1.807) is 37.4 Å². The highest BCUT2D eigenvalue weighted by atomic mass is 19.1. The lowest BCUT2D eigenvalue weighted by atomic mass is 10.2. The Hall–Kier alpha value is -3.09. The summed E-state index contributed by atoms with van der Waals surface area (Å²) in [6.07, 6.45) is 2.00. The number of likely N-dealkylation sites (N-methyl/N-ethyl adjacent to an activating group) is 1. The van der Waals surface area contributed by atoms with Gasteiger partial charge in [0.15, 0.2) is 18.2 Å². The molecule has 156 valence electrons. The van der Waals surface area contributed by atoms with Gasteiger partial charge in [0.2, 0.25) is 0 Å². The Morgan fingerprint density at radius 1 is 1.10 bits per heavy atom. The number of unbranched alkanes of at least 4 members (excludes halogenated alkanes) is 1. The number of hydrogen-bond donors (Lipinski definition) is 0. The average Bonchev–Trinajstić information content (AvgIpc) is 2.72. The molecule has 0 saturated carbocycles. The highest BCUT2D eigenvalue weighted by Gasteiger charge is 2.15. The summed E-state index contributed by atoms with van der Waals surface area (Å²) in [5, 5.41) is 0. The zero-order valence-corrected chi connectivity index (χ0v) is 16.9. The van der Waals surface area contributed by atoms with Crippen LogP contribution in [0.4, 0.5) is 4.39 Å². The van der Waals surface area contributed by atoms with Gasteiger partial charge in [-0.25, -0.2) is 9.18 Å². The molecule has 7 heteroatoms. The summed E-state index contributed by atoms with van der Waals surface area (Å²) in [6.45, 7) is 2.49. The molecule has 2 rings (SSSR count). The Labute approximate surface area is 170 Å². The maximum atomic E-state index is 13.8. The number of benzene rings is 2. The maximum absolute atomic E-state index is 13.8. The number of carbonyl (C=O) groups is 2. The zero-order chi connectivity index (χ0) is 21.2. The molecular formula is C22H26FNO5. The van der Waals surface area contributed by atoms with Crippen LogP contribution in [-0.2, 0) is 16.1 Å². The van der Waals surface area contributed by atoms with Crippen molar-refractivity contribution >= 4 is 11.9 Å². The number of carbonyl (C=O) groups excluding carboxylic acids is 2. The number of ether oxygens (including phenoxy) is 3. The first-order chi connectivity index (χ1) is 13.9. The van der Waals surface area contributed by atoms with E-state index in [2.05, 4.69) is 6.92 Å². The van der Waals surface area contributed by atoms with Crippen LogP contribution in [-0.4, -0.2) is 44.1 Å². The van der Waals surface area contributed by atoms with E-state index < -0.39 is 24.3 Å². The molecule has 2 aromatic rings. The lowest BCUT2D eigenvalue weighted by Gasteiger charge is -2.17. The smallest absolute Gasteiger partial charge is 0.338 e. The van der Waals surface area contributed by atoms with Gasteiger partial charge in [0, 0.05) is 13.6 Å². The minimum atomic E-state index is -0.595. The molecule has 0 N–H and O–H groups in total. The van der Waals surface area contributed by atoms with Crippen molar-refractivity contribution in [3.63, 3.8) is 0 Å². The maximum Gasteiger partial charge on any atom is 0.338 e. The molecule has 0 atom stereocenters. The monoisotopic (exact) mass is 403 g/mol. The Morgan fingerprint density at radius 2 is 1.83 bits per heavy atom. The highest BCUT2D eigenvalue weighted by molar-refractivity contribution is 5.91. The Balaban J connectivity index is 1.82. The molecule has 0 aromatic heterocycles. The van der Waals surface area contributed by atoms with Crippen molar-refractivity contribution in [3.05, 3.63) is 59.4 Å². The predicted molar refractivity (Wildman–Crippen MR) is 107 cm³/mol. The standard InChI is InChI=1S/C22H26FNO5/c1-4-5-12-28-18-9-7-17(8-10-18)22(26)29-15-21(25)24(2)14-16-6-11-20(27-3)19(23)13-16/h6-11,13H,4-5,12,14-15H2,1-3H3. The largest absolute Gasteiger partial charge is 0.494 e. The van der Waals surface area contributed by atoms with Crippen LogP contribution in [0.5, 0.6) is 11.5 Å². The second-order valence-electron chi connectivity index (χ2n) is 6.52. The van der Waals surface area contributed by atoms with Crippen LogP contribution >= 0.6 is 0 Å². The van der Waals surface area contributed by atoms with Gasteiger partial charge >= 0.3 is 5.97 Å². The van der Waals surface area contributed by atoms with Crippen molar-refractivity contribution in [2.75, 3.05) is 27.4 Å². The number of methoxy groups -OCH3 is 1. The van der Waals surface area contributed by atoms with Gasteiger partial charge < -0.3 is 19.1 Å². The molecule has 0 fully saturated rings. The summed E-state index contributed by atoms with van der Waals surface area (Å²) < 4.78 is 29.2. The Kier molecular flexibility index (Phi) is 8.45. The second-order valence-corrected chi connectivity index (χ2v) is 6.52. The number of rotatable bonds is 10. The Morgan fingerprint density at radius 3 is 2.45 bits per heavy atom. The van der Waals surface area contributed by atoms with Gasteiger partial charge in [-0.05, 0) is 48.4 Å². The molecule has 1 amide bonds. The molecular weight excluding hydrogens is 377 g/mol. The van der Waals surface area contributed by atoms with Gasteiger partial charge in [0.25, 0.3) is 5.91 Å². The topological polar surface area (TPSA) is 65.1 Å². The summed E-state index contributed by atoms with van der Waals surface area (Å²) in [6, 6.07) is 11.0. The highest BCUT2D eigenvalue weighted by Crippen LogP contribution is 2.18. The van der Waals surface area contributed by atoms with Crippen LogP contribution in [0, 0.1) is 5.82 Å². The summed E-state index contributed by atoms with van der Waals surface area (Å²) in [5.41, 5.74) is 0.935. The number of amides is 1. The third-order valence-corrected chi connectivity index (χ3v) is 4.25. The van der Waals surface area contributed by atoms with Crippen molar-refractivity contribution in [2.24, 2.45) is 0 Å². The third kappa shape index (κ3) is 6.78. The molecule has 0 spiro atoms. The van der Waals surface area contributed by atoms with Crippen LogP contribution in [0.3, 0.4) is 0 Å². The number of halogens is 1. The fourth-order valence-corrected chi connectivity index (χ4v) is 2.51. The molecule has 6 nitrogen and oxygen atoms in total. The fraction of sp³-hybridized carbons (Fsp3) is 0.364. The van der Waals surface area contributed by atoms with Crippen LogP contribution in [0.25, 0.3) is 0 Å². The first-order valence-electron chi connectivity index (χ1n) is 9.41. The van der Waals surface area contributed by atoms with Crippen molar-refractivity contribution in [1.29, 1.82) is 0 Å². The molecule has 0 bridgehead atoms. The van der Waals surface area contributed by atoms with Gasteiger partial charge in [-0.15, -0.1) is 0 Å². The minimum Gasteiger partial charge on any atom is -0.494 e. The summed E-state index contributed by atoms with van der Waals surface area (Å²) in [4.78, 5) is 25.7. The van der Waals surface area contributed by atoms with Crippen LogP contribution < -0.4 is 9.47 Å². The molecule has 0 radical (unpaired) electrons. The van der Waals surface area contributed by atoms with Gasteiger partial charge in [-0.3, -0.25) is 4.79 Å². The number of esters is 1. The SMILES string of the molecule is CCCCOc1ccc(C(=O)OCC(=O)N(C)Cc2ccc(OC)c(F)c2)cc1. The van der Waals surface area contributed by atoms with Crippen molar-refractivity contribution < 1.29 is 28.2 Å². The summed E-state index contributed by atoms with van der Waals surface area (Å²) >= 11 is 0. The fourth-order valence-electron chi connectivity index (χ4n) is 2.51. The molecule has 2 aromatic carbocycles. The molecule has 0 saturated heterocycles. The zero-order valence-electron chi connectivity index (χ0n) is 16.9. The Bertz CT molecular complexity index is 822. The first-order valence-corrected chi connectivity index (χ1v) is 9.41. The van der Waals surface area contributed by atoms with Crippen LogP contribution in [0.15, 0.2) is 42.5 Å². The normalized spacial score (nSPS) is 10.3. The quantitative estimate of drug-likeness (QED) is 0.446. The van der Waals surface area contributed by atoms with E-state index in [-0.39, 0.29) is 12.3 Å². The van der Waals surface area contributed by atoms with Crippen molar-refractivity contribution in [2.45, 2.75) is 26.3 Å². The van der Waals surface area contributed by atoms with Gasteiger partial charge in [-0.2, -0.15) is 0 Å². The van der Waals surface area contributed by atoms with Gasteiger partial charge in [0.1, 0.15) is 5.75 Å². The van der Waals surface area contributed by atoms with E-state index in [9.17, 15) is 14.0 Å². The van der Waals surface area contributed by atoms with Gasteiger partial charge in [-0.1, -0.05) is 19.4 Å². The first kappa shape index (κ1) is 22.2. The number of hydrogen-bond acceptors (Lipinski definition) is 5. The average molecular weight is 403 g/mol. The molecule has 0 unspecified atom stereocenters. The minimum absolute atomic E-state index is 0.137. The third-order valence-electron chi connectivity index (χ3n) is 4.25. The van der Waals surface area contributed by atoms with E-state index >= 15 is 0 Å². The summed E-state index contributed by atoms with van der Waals surface area (Å²) in [7, 11) is 2.94. The predicted octanol–water partition coefficient (Wildman–Crippen LogP) is 3.83. The van der Waals surface area contributed by atoms with E-state index in [0.717, 1.165) is 12.8 Å². The van der Waals surface area contributed by atoms with Crippen LogP contribution in [0.1, 0.15) is 35.7 Å². The molecule has 0 aliphatic heterocycles. The van der Waals surface area contributed by atoms with E-state index in [0.29, 0.717) is 23.5 Å². The molecule has 0 heterocycles. The van der Waals surface area contributed by atoms with Crippen molar-refractivity contribution in [3.8, 4) is 11.5 Å². The van der Waals surface area contributed by atoms with E-state index in [1.807, 2.05) is 0 Å². The van der Waals surface area contributed by atoms with Crippen molar-refractivity contribution in [1.82, 2.24) is 4.90 Å². The summed E-state index contributed by atoms with van der Waals surface area (Å²) in [5.74, 6) is -0.674. The lowest BCUT2D eigenvalue weighted by Crippen LogP contribution is -2.30. The molecule has 0 aliphatic rings. The van der Waals surface area contributed by atoms with Crippen LogP contribution in [0.2, 0.25) is 0 Å². The van der Waals surface area contributed by atoms with E-state index in [4.69, 9.17) is 14.2 Å². The van der Waals surface area contributed by atoms with Gasteiger partial charge in [0.05, 0.1) is 19.3 Å². The molecule has 29 heavy (non-hydrogen) atoms. The van der Waals surface area contributed by atoms with E-state index in [1.165, 1.54) is 24.1 Å². The lowest BCUT2D eigenvalue weighted by molar-refractivity contribution is -0.133. The number of nitrogens with zero attached hydrogens (tertiary/aromatic N) is 1.